The van der Waals surface area contributed by atoms with Crippen molar-refractivity contribution in [3.05, 3.63) is 64.7 Å². The zero-order valence-electron chi connectivity index (χ0n) is 10.2. The number of amides is 1. The Bertz CT molecular complexity index is 649. The van der Waals surface area contributed by atoms with Crippen molar-refractivity contribution < 1.29 is 13.6 Å². The van der Waals surface area contributed by atoms with Crippen LogP contribution in [0.1, 0.15) is 11.6 Å². The Kier molecular flexibility index (Phi) is 4.20. The molecule has 0 aliphatic heterocycles. The molecule has 6 heteroatoms. The SMILES string of the molecule is NC(=O)C(Nc1ccccc1F)c1ccc(Cl)cc1F. The van der Waals surface area contributed by atoms with Gasteiger partial charge >= 0.3 is 0 Å². The van der Waals surface area contributed by atoms with Crippen molar-refractivity contribution in [2.75, 3.05) is 5.32 Å². The summed E-state index contributed by atoms with van der Waals surface area (Å²) in [4.78, 5) is 11.5. The van der Waals surface area contributed by atoms with Gasteiger partial charge in [-0.2, -0.15) is 0 Å². The van der Waals surface area contributed by atoms with Crippen molar-refractivity contribution in [2.45, 2.75) is 6.04 Å². The molecule has 0 fully saturated rings. The molecule has 1 amide bonds. The molecule has 0 spiro atoms. The van der Waals surface area contributed by atoms with Crippen LogP contribution in [0.5, 0.6) is 0 Å². The van der Waals surface area contributed by atoms with E-state index in [0.29, 0.717) is 0 Å². The molecule has 0 aliphatic rings. The third kappa shape index (κ3) is 3.05. The zero-order chi connectivity index (χ0) is 14.7. The quantitative estimate of drug-likeness (QED) is 0.910. The van der Waals surface area contributed by atoms with Crippen molar-refractivity contribution >= 4 is 23.2 Å². The van der Waals surface area contributed by atoms with E-state index < -0.39 is 23.6 Å². The van der Waals surface area contributed by atoms with E-state index in [0.717, 1.165) is 6.07 Å². The number of carbonyl (C=O) groups excluding carboxylic acids is 1. The summed E-state index contributed by atoms with van der Waals surface area (Å²) in [6, 6.07) is 8.38. The van der Waals surface area contributed by atoms with E-state index in [4.69, 9.17) is 17.3 Å². The molecule has 0 saturated carbocycles. The Morgan fingerprint density at radius 2 is 1.85 bits per heavy atom. The van der Waals surface area contributed by atoms with Crippen LogP contribution in [0.3, 0.4) is 0 Å². The molecule has 2 aromatic rings. The van der Waals surface area contributed by atoms with Crippen LogP contribution in [0, 0.1) is 11.6 Å². The molecule has 1 atom stereocenters. The lowest BCUT2D eigenvalue weighted by molar-refractivity contribution is -0.118. The molecule has 0 saturated heterocycles. The van der Waals surface area contributed by atoms with Gasteiger partial charge in [-0.15, -0.1) is 0 Å². The Morgan fingerprint density at radius 1 is 1.15 bits per heavy atom. The molecule has 0 bridgehead atoms. The summed E-state index contributed by atoms with van der Waals surface area (Å²) in [5, 5.41) is 2.79. The number of carbonyl (C=O) groups is 1. The minimum Gasteiger partial charge on any atom is -0.368 e. The molecule has 0 aromatic heterocycles. The zero-order valence-corrected chi connectivity index (χ0v) is 11.0. The van der Waals surface area contributed by atoms with Crippen LogP contribution in [-0.2, 0) is 4.79 Å². The first-order valence-electron chi connectivity index (χ1n) is 5.74. The second-order valence-electron chi connectivity index (χ2n) is 4.13. The lowest BCUT2D eigenvalue weighted by Crippen LogP contribution is -2.28. The van der Waals surface area contributed by atoms with E-state index in [1.807, 2.05) is 0 Å². The number of anilines is 1. The van der Waals surface area contributed by atoms with Gasteiger partial charge in [0.2, 0.25) is 5.91 Å². The molecule has 104 valence electrons. The highest BCUT2D eigenvalue weighted by molar-refractivity contribution is 6.30. The number of hydrogen-bond donors (Lipinski definition) is 2. The molecular weight excluding hydrogens is 286 g/mol. The summed E-state index contributed by atoms with van der Waals surface area (Å²) in [5.74, 6) is -2.08. The monoisotopic (exact) mass is 296 g/mol. The van der Waals surface area contributed by atoms with Crippen LogP contribution in [0.15, 0.2) is 42.5 Å². The summed E-state index contributed by atoms with van der Waals surface area (Å²) < 4.78 is 27.4. The largest absolute Gasteiger partial charge is 0.368 e. The Hall–Kier alpha value is -2.14. The maximum absolute atomic E-state index is 13.8. The minimum absolute atomic E-state index is 0.00477. The summed E-state index contributed by atoms with van der Waals surface area (Å²) in [5.41, 5.74) is 5.32. The highest BCUT2D eigenvalue weighted by Gasteiger charge is 2.22. The van der Waals surface area contributed by atoms with Crippen LogP contribution in [0.25, 0.3) is 0 Å². The van der Waals surface area contributed by atoms with Gasteiger partial charge in [0.15, 0.2) is 0 Å². The van der Waals surface area contributed by atoms with Gasteiger partial charge in [-0.1, -0.05) is 29.8 Å². The number of rotatable bonds is 4. The average molecular weight is 297 g/mol. The van der Waals surface area contributed by atoms with Crippen LogP contribution in [0.2, 0.25) is 5.02 Å². The standard InChI is InChI=1S/C14H11ClF2N2O/c15-8-5-6-9(11(17)7-8)13(14(18)20)19-12-4-2-1-3-10(12)16/h1-7,13,19H,(H2,18,20). The van der Waals surface area contributed by atoms with Crippen molar-refractivity contribution in [2.24, 2.45) is 5.73 Å². The molecule has 3 N–H and O–H groups in total. The van der Waals surface area contributed by atoms with E-state index in [-0.39, 0.29) is 16.3 Å². The molecule has 2 rings (SSSR count). The molecule has 3 nitrogen and oxygen atoms in total. The first kappa shape index (κ1) is 14.3. The normalized spacial score (nSPS) is 11.9. The van der Waals surface area contributed by atoms with Crippen molar-refractivity contribution in [3.8, 4) is 0 Å². The summed E-state index contributed by atoms with van der Waals surface area (Å²) in [6.07, 6.45) is 0. The number of benzene rings is 2. The van der Waals surface area contributed by atoms with Gasteiger partial charge in [0, 0.05) is 10.6 Å². The molecular formula is C14H11ClF2N2O. The number of primary amides is 1. The van der Waals surface area contributed by atoms with Gasteiger partial charge in [-0.05, 0) is 24.3 Å². The number of hydrogen-bond acceptors (Lipinski definition) is 2. The summed E-state index contributed by atoms with van der Waals surface area (Å²) in [6.45, 7) is 0. The van der Waals surface area contributed by atoms with Crippen molar-refractivity contribution in [1.29, 1.82) is 0 Å². The highest BCUT2D eigenvalue weighted by Crippen LogP contribution is 2.25. The van der Waals surface area contributed by atoms with Gasteiger partial charge in [-0.3, -0.25) is 4.79 Å². The van der Waals surface area contributed by atoms with Gasteiger partial charge in [0.1, 0.15) is 17.7 Å². The molecule has 0 heterocycles. The minimum atomic E-state index is -1.19. The fourth-order valence-electron chi connectivity index (χ4n) is 1.77. The summed E-state index contributed by atoms with van der Waals surface area (Å²) >= 11 is 5.65. The average Bonchev–Trinajstić information content (AvgIpc) is 2.38. The van der Waals surface area contributed by atoms with Crippen LogP contribution in [-0.4, -0.2) is 5.91 Å². The maximum atomic E-state index is 13.8. The van der Waals surface area contributed by atoms with Crippen molar-refractivity contribution in [1.82, 2.24) is 0 Å². The van der Waals surface area contributed by atoms with E-state index >= 15 is 0 Å². The lowest BCUT2D eigenvalue weighted by Gasteiger charge is -2.18. The smallest absolute Gasteiger partial charge is 0.244 e. The molecule has 20 heavy (non-hydrogen) atoms. The molecule has 1 unspecified atom stereocenters. The Balaban J connectivity index is 2.37. The highest BCUT2D eigenvalue weighted by atomic mass is 35.5. The first-order valence-corrected chi connectivity index (χ1v) is 6.12. The molecule has 0 radical (unpaired) electrons. The van der Waals surface area contributed by atoms with E-state index in [2.05, 4.69) is 5.32 Å². The maximum Gasteiger partial charge on any atom is 0.244 e. The van der Waals surface area contributed by atoms with Crippen LogP contribution < -0.4 is 11.1 Å². The fraction of sp³-hybridized carbons (Fsp3) is 0.0714. The summed E-state index contributed by atoms with van der Waals surface area (Å²) in [7, 11) is 0. The van der Waals surface area contributed by atoms with E-state index in [1.165, 1.54) is 30.3 Å². The van der Waals surface area contributed by atoms with Gasteiger partial charge < -0.3 is 11.1 Å². The van der Waals surface area contributed by atoms with Crippen LogP contribution >= 0.6 is 11.6 Å². The third-order valence-electron chi connectivity index (χ3n) is 2.73. The predicted octanol–water partition coefficient (Wildman–Crippen LogP) is 3.26. The Labute approximate surface area is 119 Å². The number of nitrogens with two attached hydrogens (primary N) is 1. The van der Waals surface area contributed by atoms with Crippen LogP contribution in [0.4, 0.5) is 14.5 Å². The van der Waals surface area contributed by atoms with Gasteiger partial charge in [0.25, 0.3) is 0 Å². The topological polar surface area (TPSA) is 55.1 Å². The molecule has 0 aliphatic carbocycles. The van der Waals surface area contributed by atoms with E-state index in [9.17, 15) is 13.6 Å². The van der Waals surface area contributed by atoms with Gasteiger partial charge in [0.05, 0.1) is 5.69 Å². The second-order valence-corrected chi connectivity index (χ2v) is 4.56. The van der Waals surface area contributed by atoms with Gasteiger partial charge in [-0.25, -0.2) is 8.78 Å². The number of para-hydroxylation sites is 1. The van der Waals surface area contributed by atoms with E-state index in [1.54, 1.807) is 6.07 Å². The fourth-order valence-corrected chi connectivity index (χ4v) is 1.93. The predicted molar refractivity (Wildman–Crippen MR) is 73.4 cm³/mol. The first-order chi connectivity index (χ1) is 9.49. The third-order valence-corrected chi connectivity index (χ3v) is 2.97. The molecule has 2 aromatic carbocycles. The van der Waals surface area contributed by atoms with Crippen molar-refractivity contribution in [3.63, 3.8) is 0 Å². The second kappa shape index (κ2) is 5.88. The number of halogens is 3. The lowest BCUT2D eigenvalue weighted by atomic mass is 10.1. The number of nitrogens with one attached hydrogen (secondary N) is 1. The Morgan fingerprint density at radius 3 is 2.45 bits per heavy atom.